The number of carboxylic acid groups (broad SMARTS) is 1. The van der Waals surface area contributed by atoms with Crippen molar-refractivity contribution in [1.29, 1.82) is 0 Å². The zero-order valence-electron chi connectivity index (χ0n) is 9.08. The van der Waals surface area contributed by atoms with Gasteiger partial charge < -0.3 is 15.5 Å². The van der Waals surface area contributed by atoms with E-state index in [1.165, 1.54) is 13.0 Å². The Hall–Kier alpha value is -2.15. The molecule has 7 nitrogen and oxygen atoms in total. The number of carboxylic acids is 1. The number of rotatable bonds is 5. The molecule has 7 heteroatoms. The predicted molar refractivity (Wildman–Crippen MR) is 60.2 cm³/mol. The van der Waals surface area contributed by atoms with Crippen molar-refractivity contribution in [3.63, 3.8) is 0 Å². The average Bonchev–Trinajstić information content (AvgIpc) is 2.25. The van der Waals surface area contributed by atoms with Crippen molar-refractivity contribution < 1.29 is 19.9 Å². The zero-order chi connectivity index (χ0) is 13.0. The molecule has 0 aliphatic carbocycles. The molecule has 1 aromatic rings. The number of hydrogen-bond acceptors (Lipinski definition) is 5. The Labute approximate surface area is 96.8 Å². The SMILES string of the molecule is CC(O)CNc1cc(C(=O)O)ccc1[N+](=O)[O-]. The molecule has 1 unspecified atom stereocenters. The van der Waals surface area contributed by atoms with E-state index in [1.54, 1.807) is 0 Å². The maximum Gasteiger partial charge on any atom is 0.335 e. The number of nitrogens with zero attached hydrogens (tertiary/aromatic N) is 1. The van der Waals surface area contributed by atoms with Crippen LogP contribution in [-0.4, -0.2) is 33.8 Å². The number of hydrogen-bond donors (Lipinski definition) is 3. The van der Waals surface area contributed by atoms with Crippen molar-refractivity contribution in [2.24, 2.45) is 0 Å². The molecule has 0 saturated heterocycles. The van der Waals surface area contributed by atoms with Gasteiger partial charge in [0.15, 0.2) is 0 Å². The minimum absolute atomic E-state index is 0.0521. The van der Waals surface area contributed by atoms with Gasteiger partial charge in [0.1, 0.15) is 5.69 Å². The van der Waals surface area contributed by atoms with Gasteiger partial charge in [-0.1, -0.05) is 0 Å². The van der Waals surface area contributed by atoms with E-state index in [0.717, 1.165) is 12.1 Å². The van der Waals surface area contributed by atoms with Gasteiger partial charge in [-0.25, -0.2) is 4.79 Å². The van der Waals surface area contributed by atoms with Crippen LogP contribution in [0.2, 0.25) is 0 Å². The van der Waals surface area contributed by atoms with Gasteiger partial charge in [0.05, 0.1) is 16.6 Å². The van der Waals surface area contributed by atoms with Crippen LogP contribution in [0.25, 0.3) is 0 Å². The second-order valence-electron chi connectivity index (χ2n) is 3.52. The molecule has 92 valence electrons. The van der Waals surface area contributed by atoms with Crippen LogP contribution in [0, 0.1) is 10.1 Å². The number of benzene rings is 1. The number of aliphatic hydroxyl groups is 1. The summed E-state index contributed by atoms with van der Waals surface area (Å²) in [6, 6.07) is 3.45. The number of anilines is 1. The molecule has 0 saturated carbocycles. The predicted octanol–water partition coefficient (Wildman–Crippen LogP) is 1.09. The first-order valence-electron chi connectivity index (χ1n) is 4.85. The summed E-state index contributed by atoms with van der Waals surface area (Å²) >= 11 is 0. The number of nitro benzene ring substituents is 1. The summed E-state index contributed by atoms with van der Waals surface area (Å²) < 4.78 is 0. The van der Waals surface area contributed by atoms with Crippen LogP contribution in [0.5, 0.6) is 0 Å². The Morgan fingerprint density at radius 1 is 1.59 bits per heavy atom. The van der Waals surface area contributed by atoms with Gasteiger partial charge >= 0.3 is 5.97 Å². The van der Waals surface area contributed by atoms with Crippen LogP contribution < -0.4 is 5.32 Å². The van der Waals surface area contributed by atoms with E-state index in [9.17, 15) is 14.9 Å². The number of aliphatic hydroxyl groups excluding tert-OH is 1. The van der Waals surface area contributed by atoms with Crippen molar-refractivity contribution in [3.8, 4) is 0 Å². The Kier molecular flexibility index (Phi) is 4.00. The van der Waals surface area contributed by atoms with Crippen LogP contribution in [0.3, 0.4) is 0 Å². The molecule has 17 heavy (non-hydrogen) atoms. The molecule has 0 amide bonds. The van der Waals surface area contributed by atoms with E-state index in [-0.39, 0.29) is 23.5 Å². The van der Waals surface area contributed by atoms with Crippen LogP contribution in [0.15, 0.2) is 18.2 Å². The fraction of sp³-hybridized carbons (Fsp3) is 0.300. The monoisotopic (exact) mass is 240 g/mol. The van der Waals surface area contributed by atoms with Crippen LogP contribution in [0.4, 0.5) is 11.4 Å². The van der Waals surface area contributed by atoms with Crippen molar-refractivity contribution in [3.05, 3.63) is 33.9 Å². The molecule has 1 aromatic carbocycles. The maximum atomic E-state index is 10.7. The Balaban J connectivity index is 3.07. The lowest BCUT2D eigenvalue weighted by Gasteiger charge is -2.09. The molecule has 1 atom stereocenters. The smallest absolute Gasteiger partial charge is 0.335 e. The van der Waals surface area contributed by atoms with E-state index >= 15 is 0 Å². The van der Waals surface area contributed by atoms with Gasteiger partial charge in [0.25, 0.3) is 5.69 Å². The second kappa shape index (κ2) is 5.26. The summed E-state index contributed by atoms with van der Waals surface area (Å²) in [5.41, 5.74) is -0.199. The van der Waals surface area contributed by atoms with E-state index in [1.807, 2.05) is 0 Å². The van der Waals surface area contributed by atoms with Gasteiger partial charge in [0, 0.05) is 12.6 Å². The first-order chi connectivity index (χ1) is 7.91. The van der Waals surface area contributed by atoms with Gasteiger partial charge in [-0.15, -0.1) is 0 Å². The largest absolute Gasteiger partial charge is 0.478 e. The van der Waals surface area contributed by atoms with Crippen molar-refractivity contribution in [2.75, 3.05) is 11.9 Å². The lowest BCUT2D eigenvalue weighted by atomic mass is 10.1. The number of nitrogens with one attached hydrogen (secondary N) is 1. The van der Waals surface area contributed by atoms with E-state index in [0.29, 0.717) is 0 Å². The fourth-order valence-electron chi connectivity index (χ4n) is 1.23. The molecule has 0 spiro atoms. The van der Waals surface area contributed by atoms with Gasteiger partial charge in [0.2, 0.25) is 0 Å². The molecule has 3 N–H and O–H groups in total. The van der Waals surface area contributed by atoms with Crippen molar-refractivity contribution >= 4 is 17.3 Å². The Morgan fingerprint density at radius 2 is 2.24 bits per heavy atom. The summed E-state index contributed by atoms with van der Waals surface area (Å²) in [4.78, 5) is 20.8. The standard InChI is InChI=1S/C10H12N2O5/c1-6(13)5-11-8-4-7(10(14)15)2-3-9(8)12(16)17/h2-4,6,11,13H,5H2,1H3,(H,14,15). The third-order valence-corrected chi connectivity index (χ3v) is 2.03. The van der Waals surface area contributed by atoms with Gasteiger partial charge in [-0.3, -0.25) is 10.1 Å². The quantitative estimate of drug-likeness (QED) is 0.524. The van der Waals surface area contributed by atoms with Crippen LogP contribution in [0.1, 0.15) is 17.3 Å². The summed E-state index contributed by atoms with van der Waals surface area (Å²) in [5.74, 6) is -1.17. The summed E-state index contributed by atoms with van der Waals surface area (Å²) in [6.07, 6.45) is -0.692. The molecule has 0 aliphatic heterocycles. The highest BCUT2D eigenvalue weighted by Gasteiger charge is 2.16. The molecule has 1 rings (SSSR count). The number of nitro groups is 1. The van der Waals surface area contributed by atoms with Crippen LogP contribution in [-0.2, 0) is 0 Å². The molecule has 0 aliphatic rings. The molecule has 0 radical (unpaired) electrons. The van der Waals surface area contributed by atoms with E-state index in [2.05, 4.69) is 5.32 Å². The van der Waals surface area contributed by atoms with E-state index < -0.39 is 17.0 Å². The topological polar surface area (TPSA) is 113 Å². The molecule has 0 bridgehead atoms. The van der Waals surface area contributed by atoms with Gasteiger partial charge in [-0.05, 0) is 19.1 Å². The first kappa shape index (κ1) is 12.9. The lowest BCUT2D eigenvalue weighted by Crippen LogP contribution is -2.16. The normalized spacial score (nSPS) is 11.9. The van der Waals surface area contributed by atoms with Crippen LogP contribution >= 0.6 is 0 Å². The van der Waals surface area contributed by atoms with Crippen molar-refractivity contribution in [1.82, 2.24) is 0 Å². The highest BCUT2D eigenvalue weighted by Crippen LogP contribution is 2.25. The lowest BCUT2D eigenvalue weighted by molar-refractivity contribution is -0.384. The molecular weight excluding hydrogens is 228 g/mol. The third kappa shape index (κ3) is 3.42. The van der Waals surface area contributed by atoms with E-state index in [4.69, 9.17) is 10.2 Å². The maximum absolute atomic E-state index is 10.7. The summed E-state index contributed by atoms with van der Waals surface area (Å²) in [6.45, 7) is 1.61. The highest BCUT2D eigenvalue weighted by atomic mass is 16.6. The number of aromatic carboxylic acids is 1. The molecule has 0 aromatic heterocycles. The van der Waals surface area contributed by atoms with Gasteiger partial charge in [-0.2, -0.15) is 0 Å². The average molecular weight is 240 g/mol. The fourth-order valence-corrected chi connectivity index (χ4v) is 1.23. The second-order valence-corrected chi connectivity index (χ2v) is 3.52. The third-order valence-electron chi connectivity index (χ3n) is 2.03. The zero-order valence-corrected chi connectivity index (χ0v) is 9.08. The Bertz CT molecular complexity index is 444. The van der Waals surface area contributed by atoms with Crippen molar-refractivity contribution in [2.45, 2.75) is 13.0 Å². The molecule has 0 fully saturated rings. The first-order valence-corrected chi connectivity index (χ1v) is 4.85. The highest BCUT2D eigenvalue weighted by molar-refractivity contribution is 5.90. The molecular formula is C10H12N2O5. The number of carbonyl (C=O) groups is 1. The Morgan fingerprint density at radius 3 is 2.71 bits per heavy atom. The minimum Gasteiger partial charge on any atom is -0.478 e. The molecule has 0 heterocycles. The summed E-state index contributed by atoms with van der Waals surface area (Å²) in [5, 5.41) is 31.2. The summed E-state index contributed by atoms with van der Waals surface area (Å²) in [7, 11) is 0. The minimum atomic E-state index is -1.17.